The number of thiophene rings is 1. The summed E-state index contributed by atoms with van der Waals surface area (Å²) in [5.41, 5.74) is 0. The number of carbonyl (C=O) groups is 1. The van der Waals surface area contributed by atoms with Crippen molar-refractivity contribution in [1.29, 1.82) is 0 Å². The number of carboxylic acids is 1. The number of rotatable bonds is 6. The van der Waals surface area contributed by atoms with Gasteiger partial charge in [-0.05, 0) is 25.6 Å². The average Bonchev–Trinajstić information content (AvgIpc) is 2.59. The number of nitrogens with zero attached hydrogens (tertiary/aromatic N) is 1. The van der Waals surface area contributed by atoms with Crippen LogP contribution >= 0.6 is 22.9 Å². The molecule has 0 aromatic carbocycles. The molecule has 0 bridgehead atoms. The van der Waals surface area contributed by atoms with Gasteiger partial charge in [0.1, 0.15) is 6.04 Å². The minimum Gasteiger partial charge on any atom is -0.480 e. The quantitative estimate of drug-likeness (QED) is 0.856. The summed E-state index contributed by atoms with van der Waals surface area (Å²) in [5.74, 6) is -0.757. The summed E-state index contributed by atoms with van der Waals surface area (Å²) in [6, 6.07) is 3.37. The molecule has 1 aromatic rings. The van der Waals surface area contributed by atoms with Crippen molar-refractivity contribution in [2.75, 3.05) is 7.05 Å². The molecule has 16 heavy (non-hydrogen) atoms. The lowest BCUT2D eigenvalue weighted by molar-refractivity contribution is -0.143. The summed E-state index contributed by atoms with van der Waals surface area (Å²) in [7, 11) is 1.84. The van der Waals surface area contributed by atoms with E-state index in [0.717, 1.165) is 15.6 Å². The van der Waals surface area contributed by atoms with Crippen LogP contribution in [-0.2, 0) is 11.3 Å². The molecule has 1 rings (SSSR count). The van der Waals surface area contributed by atoms with Crippen molar-refractivity contribution >= 4 is 28.9 Å². The maximum atomic E-state index is 11.1. The Bertz CT molecular complexity index is 354. The van der Waals surface area contributed by atoms with E-state index in [9.17, 15) is 4.79 Å². The van der Waals surface area contributed by atoms with E-state index < -0.39 is 12.0 Å². The molecule has 1 N–H and O–H groups in total. The zero-order valence-electron chi connectivity index (χ0n) is 9.44. The van der Waals surface area contributed by atoms with Crippen molar-refractivity contribution in [3.05, 3.63) is 21.3 Å². The topological polar surface area (TPSA) is 40.5 Å². The molecule has 0 amide bonds. The fraction of sp³-hybridized carbons (Fsp3) is 0.545. The molecule has 3 nitrogen and oxygen atoms in total. The maximum Gasteiger partial charge on any atom is 0.320 e. The maximum absolute atomic E-state index is 11.1. The first-order chi connectivity index (χ1) is 7.54. The van der Waals surface area contributed by atoms with Crippen LogP contribution in [0.3, 0.4) is 0 Å². The summed E-state index contributed by atoms with van der Waals surface area (Å²) in [4.78, 5) is 14.0. The van der Waals surface area contributed by atoms with Gasteiger partial charge in [-0.15, -0.1) is 11.3 Å². The van der Waals surface area contributed by atoms with Crippen molar-refractivity contribution in [1.82, 2.24) is 4.90 Å². The van der Waals surface area contributed by atoms with Crippen LogP contribution in [0.1, 0.15) is 24.6 Å². The van der Waals surface area contributed by atoms with Crippen molar-refractivity contribution < 1.29 is 9.90 Å². The fourth-order valence-electron chi connectivity index (χ4n) is 1.60. The number of carboxylic acid groups (broad SMARTS) is 1. The standard InChI is InChI=1S/C11H16ClNO2S/c1-3-4-9(11(14)15)13(2)7-8-5-6-10(12)16-8/h5-6,9H,3-4,7H2,1-2H3,(H,14,15). The third-order valence-corrected chi connectivity index (χ3v) is 3.63. The fourth-order valence-corrected chi connectivity index (χ4v) is 2.75. The molecule has 1 aromatic heterocycles. The van der Waals surface area contributed by atoms with Gasteiger partial charge in [-0.1, -0.05) is 24.9 Å². The van der Waals surface area contributed by atoms with Crippen LogP contribution in [0.15, 0.2) is 12.1 Å². The summed E-state index contributed by atoms with van der Waals surface area (Å²) >= 11 is 7.32. The Balaban J connectivity index is 2.61. The molecule has 5 heteroatoms. The predicted molar refractivity (Wildman–Crippen MR) is 67.1 cm³/mol. The third kappa shape index (κ3) is 3.77. The smallest absolute Gasteiger partial charge is 0.320 e. The first kappa shape index (κ1) is 13.5. The number of halogens is 1. The van der Waals surface area contributed by atoms with E-state index in [4.69, 9.17) is 16.7 Å². The van der Waals surface area contributed by atoms with Crippen LogP contribution in [-0.4, -0.2) is 29.1 Å². The molecule has 0 saturated heterocycles. The second-order valence-corrected chi connectivity index (χ2v) is 5.56. The van der Waals surface area contributed by atoms with E-state index in [-0.39, 0.29) is 0 Å². The molecule has 1 unspecified atom stereocenters. The molecule has 1 heterocycles. The minimum absolute atomic E-state index is 0.411. The van der Waals surface area contributed by atoms with Gasteiger partial charge >= 0.3 is 5.97 Å². The van der Waals surface area contributed by atoms with Gasteiger partial charge in [-0.3, -0.25) is 9.69 Å². The van der Waals surface area contributed by atoms with E-state index in [0.29, 0.717) is 13.0 Å². The lowest BCUT2D eigenvalue weighted by Gasteiger charge is -2.23. The van der Waals surface area contributed by atoms with E-state index in [1.54, 1.807) is 0 Å². The van der Waals surface area contributed by atoms with Gasteiger partial charge in [0.15, 0.2) is 0 Å². The predicted octanol–water partition coefficient (Wildman–Crippen LogP) is 3.09. The Morgan fingerprint density at radius 2 is 2.31 bits per heavy atom. The first-order valence-corrected chi connectivity index (χ1v) is 6.41. The van der Waals surface area contributed by atoms with Gasteiger partial charge in [0, 0.05) is 11.4 Å². The van der Waals surface area contributed by atoms with Gasteiger partial charge in [0.25, 0.3) is 0 Å². The summed E-state index contributed by atoms with van der Waals surface area (Å²) in [6.45, 7) is 2.63. The molecule has 0 aliphatic carbocycles. The van der Waals surface area contributed by atoms with Gasteiger partial charge in [0.2, 0.25) is 0 Å². The second-order valence-electron chi connectivity index (χ2n) is 3.76. The second kappa shape index (κ2) is 6.23. The van der Waals surface area contributed by atoms with Crippen molar-refractivity contribution in [3.8, 4) is 0 Å². The van der Waals surface area contributed by atoms with Crippen LogP contribution in [0.25, 0.3) is 0 Å². The van der Waals surface area contributed by atoms with Crippen LogP contribution in [0.2, 0.25) is 4.34 Å². The Kier molecular flexibility index (Phi) is 5.25. The molecule has 0 radical (unpaired) electrons. The van der Waals surface area contributed by atoms with Gasteiger partial charge in [0.05, 0.1) is 4.34 Å². The van der Waals surface area contributed by atoms with Gasteiger partial charge in [-0.25, -0.2) is 0 Å². The lowest BCUT2D eigenvalue weighted by atomic mass is 10.1. The Labute approximate surface area is 105 Å². The Hall–Kier alpha value is -0.580. The van der Waals surface area contributed by atoms with E-state index in [2.05, 4.69) is 0 Å². The zero-order valence-corrected chi connectivity index (χ0v) is 11.0. The minimum atomic E-state index is -0.757. The van der Waals surface area contributed by atoms with Crippen molar-refractivity contribution in [2.45, 2.75) is 32.4 Å². The molecular formula is C11H16ClNO2S. The highest BCUT2D eigenvalue weighted by molar-refractivity contribution is 7.16. The largest absolute Gasteiger partial charge is 0.480 e. The molecule has 90 valence electrons. The normalized spacial score (nSPS) is 13.0. The number of likely N-dealkylation sites (N-methyl/N-ethyl adjacent to an activating group) is 1. The molecule has 0 fully saturated rings. The van der Waals surface area contributed by atoms with Gasteiger partial charge < -0.3 is 5.11 Å². The summed E-state index contributed by atoms with van der Waals surface area (Å²) < 4.78 is 0.741. The highest BCUT2D eigenvalue weighted by atomic mass is 35.5. The molecule has 0 aliphatic heterocycles. The molecular weight excluding hydrogens is 246 g/mol. The highest BCUT2D eigenvalue weighted by Gasteiger charge is 2.21. The lowest BCUT2D eigenvalue weighted by Crippen LogP contribution is -2.37. The zero-order chi connectivity index (χ0) is 12.1. The van der Waals surface area contributed by atoms with Crippen LogP contribution in [0, 0.1) is 0 Å². The highest BCUT2D eigenvalue weighted by Crippen LogP contribution is 2.23. The van der Waals surface area contributed by atoms with E-state index in [1.165, 1.54) is 11.3 Å². The number of hydrogen-bond donors (Lipinski definition) is 1. The Morgan fingerprint density at radius 1 is 1.62 bits per heavy atom. The van der Waals surface area contributed by atoms with Crippen LogP contribution in [0.5, 0.6) is 0 Å². The summed E-state index contributed by atoms with van der Waals surface area (Å²) in [6.07, 6.45) is 1.54. The number of hydrogen-bond acceptors (Lipinski definition) is 3. The third-order valence-electron chi connectivity index (χ3n) is 2.41. The summed E-state index contributed by atoms with van der Waals surface area (Å²) in [5, 5.41) is 9.09. The van der Waals surface area contributed by atoms with Crippen LogP contribution < -0.4 is 0 Å². The van der Waals surface area contributed by atoms with Gasteiger partial charge in [-0.2, -0.15) is 0 Å². The first-order valence-electron chi connectivity index (χ1n) is 5.21. The van der Waals surface area contributed by atoms with Crippen LogP contribution in [0.4, 0.5) is 0 Å². The van der Waals surface area contributed by atoms with E-state index >= 15 is 0 Å². The van der Waals surface area contributed by atoms with Crippen molar-refractivity contribution in [3.63, 3.8) is 0 Å². The molecule has 0 aliphatic rings. The molecule has 0 saturated carbocycles. The van der Waals surface area contributed by atoms with Crippen molar-refractivity contribution in [2.24, 2.45) is 0 Å². The monoisotopic (exact) mass is 261 g/mol. The average molecular weight is 262 g/mol. The number of aliphatic carboxylic acids is 1. The SMILES string of the molecule is CCCC(C(=O)O)N(C)Cc1ccc(Cl)s1. The molecule has 0 spiro atoms. The molecule has 1 atom stereocenters. The Morgan fingerprint density at radius 3 is 2.75 bits per heavy atom. The van der Waals surface area contributed by atoms with E-state index in [1.807, 2.05) is 31.0 Å².